The molecule has 0 aromatic heterocycles. The Morgan fingerprint density at radius 3 is 2.32 bits per heavy atom. The number of benzene rings is 4. The monoisotopic (exact) mass is 762 g/mol. The standard InChI is InChI=1S/C48H50N4O5/c53-37-11-13-39-32(22-37)8-12-38(30-4-2-1-3-5-30)44(39)31-6-9-35(10-7-31)50-20-18-47(19-21-50)25-36(26-47)51-28-48(29-51)17-16-33-23-40-34(24-42(33)57-48)27-52(46(40)56)41-14-15-43(54)49-45(41)55/h1-7,9-11,13,22-24,36,38,41,44,53H,8,12,14-21,25-29H2,(H,49,54,55)/t38-,41?,44+/m1/s1. The van der Waals surface area contributed by atoms with E-state index in [1.165, 1.54) is 53.6 Å². The zero-order chi connectivity index (χ0) is 38.5. The number of carbonyl (C=O) groups is 3. The molecule has 0 bridgehead atoms. The molecule has 9 nitrogen and oxygen atoms in total. The Morgan fingerprint density at radius 2 is 1.54 bits per heavy atom. The van der Waals surface area contributed by atoms with Crippen molar-refractivity contribution in [1.82, 2.24) is 15.1 Å². The lowest BCUT2D eigenvalue weighted by Crippen LogP contribution is -2.71. The maximum atomic E-state index is 13.3. The SMILES string of the molecule is O=C1CCC(N2Cc3cc4c(cc3C2=O)CCC2(CN(C3CC5(CCN(c6ccc([C@@H]7c8ccc(O)cc8CC[C@@H]7c7ccccc7)cc6)CC5)C3)C2)O4)C(=O)N1. The predicted octanol–water partition coefficient (Wildman–Crippen LogP) is 6.84. The van der Waals surface area contributed by atoms with E-state index in [1.807, 2.05) is 24.3 Å². The van der Waals surface area contributed by atoms with E-state index in [2.05, 4.69) is 75.8 Å². The molecule has 0 radical (unpaired) electrons. The Morgan fingerprint density at radius 1 is 0.754 bits per heavy atom. The molecule has 5 aliphatic heterocycles. The zero-order valence-electron chi connectivity index (χ0n) is 32.4. The second kappa shape index (κ2) is 13.2. The van der Waals surface area contributed by atoms with Crippen LogP contribution in [0.2, 0.25) is 0 Å². The summed E-state index contributed by atoms with van der Waals surface area (Å²) in [7, 11) is 0. The number of ether oxygens (including phenoxy) is 1. The Kier molecular flexibility index (Phi) is 8.11. The molecular formula is C48H50N4O5. The summed E-state index contributed by atoms with van der Waals surface area (Å²) in [5.41, 5.74) is 9.62. The maximum Gasteiger partial charge on any atom is 0.255 e. The maximum absolute atomic E-state index is 13.3. The van der Waals surface area contributed by atoms with Crippen LogP contribution in [0.3, 0.4) is 0 Å². The molecule has 57 heavy (non-hydrogen) atoms. The van der Waals surface area contributed by atoms with Crippen LogP contribution in [0.5, 0.6) is 11.5 Å². The van der Waals surface area contributed by atoms with Crippen molar-refractivity contribution >= 4 is 23.4 Å². The molecule has 4 aromatic rings. The van der Waals surface area contributed by atoms with E-state index < -0.39 is 6.04 Å². The summed E-state index contributed by atoms with van der Waals surface area (Å²) in [5, 5.41) is 12.6. The Balaban J connectivity index is 0.697. The van der Waals surface area contributed by atoms with Crippen molar-refractivity contribution in [2.45, 2.75) is 100 Å². The highest BCUT2D eigenvalue weighted by molar-refractivity contribution is 6.05. The van der Waals surface area contributed by atoms with Crippen LogP contribution in [-0.2, 0) is 29.0 Å². The van der Waals surface area contributed by atoms with Gasteiger partial charge in [0.2, 0.25) is 11.8 Å². The van der Waals surface area contributed by atoms with Crippen molar-refractivity contribution in [2.24, 2.45) is 5.41 Å². The highest BCUT2D eigenvalue weighted by Gasteiger charge is 2.55. The van der Waals surface area contributed by atoms with E-state index in [9.17, 15) is 19.5 Å². The smallest absolute Gasteiger partial charge is 0.255 e. The summed E-state index contributed by atoms with van der Waals surface area (Å²) in [6.45, 7) is 4.49. The van der Waals surface area contributed by atoms with Crippen molar-refractivity contribution in [3.63, 3.8) is 0 Å². The number of phenols is 1. The van der Waals surface area contributed by atoms with Crippen LogP contribution in [0.15, 0.2) is 84.9 Å². The number of phenolic OH excluding ortho intramolecular Hbond substituents is 1. The van der Waals surface area contributed by atoms with Crippen LogP contribution in [0.4, 0.5) is 5.69 Å². The molecule has 5 heterocycles. The van der Waals surface area contributed by atoms with Gasteiger partial charge in [-0.05, 0) is 139 Å². The topological polar surface area (TPSA) is 102 Å². The fourth-order valence-corrected chi connectivity index (χ4v) is 11.8. The minimum absolute atomic E-state index is 0.124. The lowest BCUT2D eigenvalue weighted by Gasteiger charge is -2.61. The third kappa shape index (κ3) is 5.95. The van der Waals surface area contributed by atoms with Gasteiger partial charge in [0.1, 0.15) is 23.1 Å². The number of fused-ring (bicyclic) bond motifs is 3. The van der Waals surface area contributed by atoms with Gasteiger partial charge < -0.3 is 19.6 Å². The molecule has 2 spiro atoms. The summed E-state index contributed by atoms with van der Waals surface area (Å²) in [4.78, 5) is 44.4. The number of amides is 3. The molecule has 292 valence electrons. The van der Waals surface area contributed by atoms with Gasteiger partial charge in [-0.15, -0.1) is 0 Å². The fourth-order valence-electron chi connectivity index (χ4n) is 11.8. The van der Waals surface area contributed by atoms with Gasteiger partial charge in [0.15, 0.2) is 0 Å². The van der Waals surface area contributed by atoms with E-state index in [-0.39, 0.29) is 35.7 Å². The number of nitrogens with one attached hydrogen (secondary N) is 1. The van der Waals surface area contributed by atoms with Crippen LogP contribution in [0, 0.1) is 5.41 Å². The van der Waals surface area contributed by atoms with Gasteiger partial charge in [-0.25, -0.2) is 0 Å². The molecule has 2 N–H and O–H groups in total. The summed E-state index contributed by atoms with van der Waals surface area (Å²) in [5.74, 6) is 1.15. The molecule has 3 atom stereocenters. The highest BCUT2D eigenvalue weighted by atomic mass is 16.5. The first-order valence-electron chi connectivity index (χ1n) is 21.2. The highest BCUT2D eigenvalue weighted by Crippen LogP contribution is 2.54. The number of carbonyl (C=O) groups excluding carboxylic acids is 3. The van der Waals surface area contributed by atoms with Gasteiger partial charge in [-0.3, -0.25) is 24.6 Å². The first-order chi connectivity index (χ1) is 27.7. The van der Waals surface area contributed by atoms with E-state index >= 15 is 0 Å². The molecular weight excluding hydrogens is 713 g/mol. The summed E-state index contributed by atoms with van der Waals surface area (Å²) in [6, 6.07) is 30.4. The first-order valence-corrected chi connectivity index (χ1v) is 21.2. The van der Waals surface area contributed by atoms with E-state index in [0.717, 1.165) is 68.7 Å². The van der Waals surface area contributed by atoms with Gasteiger partial charge in [-0.1, -0.05) is 48.5 Å². The van der Waals surface area contributed by atoms with Gasteiger partial charge >= 0.3 is 0 Å². The number of aromatic hydroxyl groups is 1. The number of nitrogens with zero attached hydrogens (tertiary/aromatic N) is 3. The number of piperidine rings is 2. The average Bonchev–Trinajstić information content (AvgIpc) is 3.52. The van der Waals surface area contributed by atoms with Gasteiger partial charge in [-0.2, -0.15) is 0 Å². The largest absolute Gasteiger partial charge is 0.508 e. The number of rotatable bonds is 5. The van der Waals surface area contributed by atoms with Gasteiger partial charge in [0.05, 0.1) is 0 Å². The molecule has 7 aliphatic rings. The fraction of sp³-hybridized carbons (Fsp3) is 0.438. The molecule has 9 heteroatoms. The summed E-state index contributed by atoms with van der Waals surface area (Å²) < 4.78 is 6.77. The third-order valence-corrected chi connectivity index (χ3v) is 15.0. The van der Waals surface area contributed by atoms with Crippen molar-refractivity contribution in [3.8, 4) is 11.5 Å². The second-order valence-corrected chi connectivity index (χ2v) is 18.3. The number of anilines is 1. The number of hydrogen-bond acceptors (Lipinski definition) is 7. The quantitative estimate of drug-likeness (QED) is 0.215. The molecule has 11 rings (SSSR count). The molecule has 1 saturated carbocycles. The zero-order valence-corrected chi connectivity index (χ0v) is 32.4. The van der Waals surface area contributed by atoms with Crippen LogP contribution in [-0.4, -0.2) is 76.5 Å². The normalized spacial score (nSPS) is 26.2. The number of hydrogen-bond donors (Lipinski definition) is 2. The van der Waals surface area contributed by atoms with Gasteiger partial charge in [0.25, 0.3) is 5.91 Å². The minimum Gasteiger partial charge on any atom is -0.508 e. The molecule has 3 amide bonds. The second-order valence-electron chi connectivity index (χ2n) is 18.3. The summed E-state index contributed by atoms with van der Waals surface area (Å²) in [6.07, 6.45) is 9.55. The number of aryl methyl sites for hydroxylation is 2. The van der Waals surface area contributed by atoms with Crippen molar-refractivity contribution in [1.29, 1.82) is 0 Å². The van der Waals surface area contributed by atoms with Crippen molar-refractivity contribution in [3.05, 3.63) is 124 Å². The van der Waals surface area contributed by atoms with Crippen LogP contribution in [0.1, 0.15) is 107 Å². The van der Waals surface area contributed by atoms with E-state index in [0.29, 0.717) is 41.7 Å². The van der Waals surface area contributed by atoms with E-state index in [1.54, 1.807) is 4.90 Å². The molecule has 3 saturated heterocycles. The number of likely N-dealkylation sites (tertiary alicyclic amines) is 1. The summed E-state index contributed by atoms with van der Waals surface area (Å²) >= 11 is 0. The Labute approximate surface area is 334 Å². The first kappa shape index (κ1) is 35.0. The predicted molar refractivity (Wildman–Crippen MR) is 217 cm³/mol. The van der Waals surface area contributed by atoms with Crippen LogP contribution >= 0.6 is 0 Å². The van der Waals surface area contributed by atoms with Gasteiger partial charge in [0, 0.05) is 62.4 Å². The Hall–Kier alpha value is -5.15. The molecule has 4 aromatic carbocycles. The van der Waals surface area contributed by atoms with Crippen LogP contribution in [0.25, 0.3) is 0 Å². The van der Waals surface area contributed by atoms with Crippen LogP contribution < -0.4 is 15.0 Å². The lowest BCUT2D eigenvalue weighted by molar-refractivity contribution is -0.145. The molecule has 2 aliphatic carbocycles. The van der Waals surface area contributed by atoms with Crippen molar-refractivity contribution in [2.75, 3.05) is 31.1 Å². The molecule has 4 fully saturated rings. The lowest BCUT2D eigenvalue weighted by atomic mass is 9.59. The molecule has 1 unspecified atom stereocenters. The minimum atomic E-state index is -0.603. The number of imide groups is 1. The average molecular weight is 763 g/mol. The third-order valence-electron chi connectivity index (χ3n) is 15.0. The van der Waals surface area contributed by atoms with Crippen molar-refractivity contribution < 1.29 is 24.2 Å². The van der Waals surface area contributed by atoms with E-state index in [4.69, 9.17) is 4.74 Å². The Bertz CT molecular complexity index is 2270.